The highest BCUT2D eigenvalue weighted by Gasteiger charge is 2.11. The van der Waals surface area contributed by atoms with Crippen molar-refractivity contribution in [3.05, 3.63) is 35.1 Å². The highest BCUT2D eigenvalue weighted by atomic mass is 32.1. The number of furan rings is 1. The summed E-state index contributed by atoms with van der Waals surface area (Å²) in [5.74, 6) is 7.44. The monoisotopic (exact) mass is 289 g/mol. The zero-order chi connectivity index (χ0) is 13.9. The molecule has 7 heteroatoms. The fourth-order valence-electron chi connectivity index (χ4n) is 1.93. The van der Waals surface area contributed by atoms with Crippen LogP contribution in [0.3, 0.4) is 0 Å². The Hall–Kier alpha value is -2.12. The highest BCUT2D eigenvalue weighted by molar-refractivity contribution is 7.18. The summed E-state index contributed by atoms with van der Waals surface area (Å²) in [6.45, 7) is 2.69. The van der Waals surface area contributed by atoms with Crippen molar-refractivity contribution in [2.45, 2.75) is 19.9 Å². The quantitative estimate of drug-likeness (QED) is 0.494. The average Bonchev–Trinajstić information content (AvgIpc) is 3.12. The number of hydrazine groups is 1. The van der Waals surface area contributed by atoms with Gasteiger partial charge in [-0.15, -0.1) is 11.3 Å². The van der Waals surface area contributed by atoms with Crippen LogP contribution >= 0.6 is 11.3 Å². The highest BCUT2D eigenvalue weighted by Crippen LogP contribution is 2.30. The Bertz CT molecular complexity index is 707. The number of fused-ring (bicyclic) bond motifs is 1. The standard InChI is InChI=1S/C13H15N5OS/c1-2-9-6-10-11(15-7-8-4-3-5-19-8)16-13(18-14)17-12(10)20-9/h3-6H,2,7,14H2,1H3,(H2,15,16,17,18). The molecule has 0 aromatic carbocycles. The van der Waals surface area contributed by atoms with Gasteiger partial charge in [0.05, 0.1) is 18.2 Å². The fourth-order valence-corrected chi connectivity index (χ4v) is 2.90. The number of anilines is 2. The first kappa shape index (κ1) is 12.9. The Kier molecular flexibility index (Phi) is 3.53. The number of thiophene rings is 1. The second-order valence-corrected chi connectivity index (χ2v) is 5.37. The van der Waals surface area contributed by atoms with E-state index in [-0.39, 0.29) is 0 Å². The van der Waals surface area contributed by atoms with Crippen molar-refractivity contribution < 1.29 is 4.42 Å². The normalized spacial score (nSPS) is 10.9. The molecule has 0 amide bonds. The molecular formula is C13H15N5OS. The predicted molar refractivity (Wildman–Crippen MR) is 80.6 cm³/mol. The van der Waals surface area contributed by atoms with Crippen molar-refractivity contribution in [2.75, 3.05) is 10.7 Å². The van der Waals surface area contributed by atoms with Gasteiger partial charge >= 0.3 is 0 Å². The van der Waals surface area contributed by atoms with E-state index in [0.29, 0.717) is 12.5 Å². The summed E-state index contributed by atoms with van der Waals surface area (Å²) in [7, 11) is 0. The molecule has 0 radical (unpaired) electrons. The summed E-state index contributed by atoms with van der Waals surface area (Å²) in [6, 6.07) is 5.89. The van der Waals surface area contributed by atoms with Crippen LogP contribution in [-0.4, -0.2) is 9.97 Å². The maximum atomic E-state index is 5.42. The van der Waals surface area contributed by atoms with Crippen LogP contribution in [0.4, 0.5) is 11.8 Å². The number of rotatable bonds is 5. The predicted octanol–water partition coefficient (Wildman–Crippen LogP) is 2.74. The third-order valence-corrected chi connectivity index (χ3v) is 4.10. The van der Waals surface area contributed by atoms with Gasteiger partial charge in [0.1, 0.15) is 16.4 Å². The summed E-state index contributed by atoms with van der Waals surface area (Å²) >= 11 is 1.65. The number of nitrogen functional groups attached to an aromatic ring is 1. The van der Waals surface area contributed by atoms with Gasteiger partial charge in [-0.3, -0.25) is 5.43 Å². The van der Waals surface area contributed by atoms with Crippen LogP contribution in [0.1, 0.15) is 17.6 Å². The van der Waals surface area contributed by atoms with Gasteiger partial charge in [-0.05, 0) is 24.6 Å². The van der Waals surface area contributed by atoms with E-state index in [2.05, 4.69) is 33.7 Å². The first-order valence-electron chi connectivity index (χ1n) is 6.33. The van der Waals surface area contributed by atoms with Crippen LogP contribution in [0.5, 0.6) is 0 Å². The van der Waals surface area contributed by atoms with Gasteiger partial charge in [0, 0.05) is 4.88 Å². The number of hydrogen-bond donors (Lipinski definition) is 3. The zero-order valence-corrected chi connectivity index (χ0v) is 11.8. The Morgan fingerprint density at radius 1 is 1.40 bits per heavy atom. The lowest BCUT2D eigenvalue weighted by Crippen LogP contribution is -2.12. The summed E-state index contributed by atoms with van der Waals surface area (Å²) in [5.41, 5.74) is 2.50. The minimum absolute atomic E-state index is 0.406. The van der Waals surface area contributed by atoms with Gasteiger partial charge in [-0.2, -0.15) is 4.98 Å². The number of nitrogens with two attached hydrogens (primary N) is 1. The Morgan fingerprint density at radius 2 is 2.30 bits per heavy atom. The molecule has 3 rings (SSSR count). The van der Waals surface area contributed by atoms with Crippen molar-refractivity contribution in [1.29, 1.82) is 0 Å². The maximum absolute atomic E-state index is 5.42. The summed E-state index contributed by atoms with van der Waals surface area (Å²) in [5, 5.41) is 4.28. The van der Waals surface area contributed by atoms with E-state index >= 15 is 0 Å². The van der Waals surface area contributed by atoms with Crippen LogP contribution < -0.4 is 16.6 Å². The molecule has 0 atom stereocenters. The van der Waals surface area contributed by atoms with Gasteiger partial charge in [0.2, 0.25) is 5.95 Å². The third kappa shape index (κ3) is 2.45. The van der Waals surface area contributed by atoms with Gasteiger partial charge in [0.25, 0.3) is 0 Å². The molecule has 0 bridgehead atoms. The molecule has 0 fully saturated rings. The van der Waals surface area contributed by atoms with Crippen molar-refractivity contribution in [3.63, 3.8) is 0 Å². The molecule has 20 heavy (non-hydrogen) atoms. The van der Waals surface area contributed by atoms with E-state index in [1.165, 1.54) is 4.88 Å². The van der Waals surface area contributed by atoms with Crippen molar-refractivity contribution >= 4 is 33.3 Å². The average molecular weight is 289 g/mol. The molecule has 0 saturated heterocycles. The minimum Gasteiger partial charge on any atom is -0.467 e. The Balaban J connectivity index is 1.96. The number of nitrogens with zero attached hydrogens (tertiary/aromatic N) is 2. The zero-order valence-electron chi connectivity index (χ0n) is 11.0. The number of aromatic nitrogens is 2. The van der Waals surface area contributed by atoms with Gasteiger partial charge in [0.15, 0.2) is 0 Å². The topological polar surface area (TPSA) is 89.0 Å². The Morgan fingerprint density at radius 3 is 3.00 bits per heavy atom. The molecule has 6 nitrogen and oxygen atoms in total. The van der Waals surface area contributed by atoms with E-state index in [4.69, 9.17) is 10.3 Å². The van der Waals surface area contributed by atoms with Crippen LogP contribution in [-0.2, 0) is 13.0 Å². The van der Waals surface area contributed by atoms with Crippen LogP contribution in [0.2, 0.25) is 0 Å². The van der Waals surface area contributed by atoms with Crippen molar-refractivity contribution in [3.8, 4) is 0 Å². The van der Waals surface area contributed by atoms with E-state index in [9.17, 15) is 0 Å². The molecule has 0 aliphatic rings. The molecule has 0 spiro atoms. The molecule has 3 aromatic rings. The number of aryl methyl sites for hydroxylation is 1. The lowest BCUT2D eigenvalue weighted by Gasteiger charge is -2.07. The first-order chi connectivity index (χ1) is 9.80. The minimum atomic E-state index is 0.406. The van der Waals surface area contributed by atoms with E-state index in [1.807, 2.05) is 12.1 Å². The number of nitrogens with one attached hydrogen (secondary N) is 2. The molecule has 3 aromatic heterocycles. The maximum Gasteiger partial charge on any atom is 0.240 e. The number of hydrogen-bond acceptors (Lipinski definition) is 7. The van der Waals surface area contributed by atoms with Gasteiger partial charge in [-0.25, -0.2) is 10.8 Å². The van der Waals surface area contributed by atoms with Crippen molar-refractivity contribution in [1.82, 2.24) is 9.97 Å². The smallest absolute Gasteiger partial charge is 0.240 e. The van der Waals surface area contributed by atoms with Crippen LogP contribution in [0.25, 0.3) is 10.2 Å². The fraction of sp³-hybridized carbons (Fsp3) is 0.231. The molecule has 104 valence electrons. The summed E-state index contributed by atoms with van der Waals surface area (Å²) in [6.07, 6.45) is 2.63. The molecule has 0 aliphatic heterocycles. The summed E-state index contributed by atoms with van der Waals surface area (Å²) < 4.78 is 5.31. The molecule has 4 N–H and O–H groups in total. The lowest BCUT2D eigenvalue weighted by molar-refractivity contribution is 0.518. The van der Waals surface area contributed by atoms with Crippen LogP contribution in [0, 0.1) is 0 Å². The van der Waals surface area contributed by atoms with Crippen LogP contribution in [0.15, 0.2) is 28.9 Å². The summed E-state index contributed by atoms with van der Waals surface area (Å²) in [4.78, 5) is 10.9. The molecular weight excluding hydrogens is 274 g/mol. The van der Waals surface area contributed by atoms with E-state index in [0.717, 1.165) is 28.2 Å². The van der Waals surface area contributed by atoms with Gasteiger partial charge in [-0.1, -0.05) is 6.92 Å². The van der Waals surface area contributed by atoms with Crippen molar-refractivity contribution in [2.24, 2.45) is 5.84 Å². The second-order valence-electron chi connectivity index (χ2n) is 4.26. The van der Waals surface area contributed by atoms with Gasteiger partial charge < -0.3 is 9.73 Å². The molecule has 0 aliphatic carbocycles. The lowest BCUT2D eigenvalue weighted by atomic mass is 10.3. The Labute approximate surface area is 120 Å². The molecule has 3 heterocycles. The molecule has 0 saturated carbocycles. The van der Waals surface area contributed by atoms with E-state index < -0.39 is 0 Å². The largest absolute Gasteiger partial charge is 0.467 e. The molecule has 0 unspecified atom stereocenters. The first-order valence-corrected chi connectivity index (χ1v) is 7.15. The van der Waals surface area contributed by atoms with E-state index in [1.54, 1.807) is 17.6 Å². The SMILES string of the molecule is CCc1cc2c(NCc3ccco3)nc(NN)nc2s1. The third-order valence-electron chi connectivity index (χ3n) is 2.93. The second kappa shape index (κ2) is 5.48.